The molecule has 0 spiro atoms. The van der Waals surface area contributed by atoms with Crippen molar-refractivity contribution in [3.63, 3.8) is 0 Å². The predicted molar refractivity (Wildman–Crippen MR) is 73.1 cm³/mol. The first kappa shape index (κ1) is 12.6. The van der Waals surface area contributed by atoms with Gasteiger partial charge in [0.05, 0.1) is 0 Å². The number of nitrogens with two attached hydrogens (primary N) is 1. The molecule has 0 radical (unpaired) electrons. The number of rotatable bonds is 3. The topological polar surface area (TPSA) is 29.3 Å². The Labute approximate surface area is 105 Å². The molecule has 0 aromatic heterocycles. The first-order valence-corrected chi connectivity index (χ1v) is 6.56. The summed E-state index contributed by atoms with van der Waals surface area (Å²) < 4.78 is 0. The van der Waals surface area contributed by atoms with Crippen molar-refractivity contribution >= 4 is 0 Å². The minimum Gasteiger partial charge on any atom is -0.329 e. The Hall–Kier alpha value is -0.860. The van der Waals surface area contributed by atoms with E-state index in [1.165, 1.54) is 24.0 Å². The van der Waals surface area contributed by atoms with Gasteiger partial charge in [0.2, 0.25) is 0 Å². The van der Waals surface area contributed by atoms with Crippen molar-refractivity contribution in [1.82, 2.24) is 4.90 Å². The molecule has 1 aliphatic rings. The van der Waals surface area contributed by atoms with E-state index in [-0.39, 0.29) is 0 Å². The lowest BCUT2D eigenvalue weighted by Crippen LogP contribution is -2.36. The van der Waals surface area contributed by atoms with Gasteiger partial charge in [0.1, 0.15) is 0 Å². The molecule has 0 saturated heterocycles. The molecule has 1 unspecified atom stereocenters. The summed E-state index contributed by atoms with van der Waals surface area (Å²) in [5, 5.41) is 0. The van der Waals surface area contributed by atoms with Crippen molar-refractivity contribution in [3.8, 4) is 0 Å². The van der Waals surface area contributed by atoms with Gasteiger partial charge >= 0.3 is 0 Å². The van der Waals surface area contributed by atoms with Crippen molar-refractivity contribution in [2.45, 2.75) is 38.1 Å². The van der Waals surface area contributed by atoms with Gasteiger partial charge in [0, 0.05) is 19.1 Å². The zero-order valence-corrected chi connectivity index (χ0v) is 11.2. The van der Waals surface area contributed by atoms with Gasteiger partial charge in [-0.1, -0.05) is 38.1 Å². The quantitative estimate of drug-likeness (QED) is 0.868. The zero-order valence-electron chi connectivity index (χ0n) is 11.2. The van der Waals surface area contributed by atoms with E-state index < -0.39 is 0 Å². The SMILES string of the molecule is CN(CCN)C1CCC(C)(C)c2ccccc21. The highest BCUT2D eigenvalue weighted by atomic mass is 15.1. The van der Waals surface area contributed by atoms with E-state index in [0.29, 0.717) is 11.5 Å². The molecule has 0 aliphatic heterocycles. The molecule has 0 bridgehead atoms. The number of likely N-dealkylation sites (N-methyl/N-ethyl adjacent to an activating group) is 1. The van der Waals surface area contributed by atoms with Crippen LogP contribution in [0, 0.1) is 0 Å². The Bertz CT molecular complexity index is 384. The molecule has 2 heteroatoms. The van der Waals surface area contributed by atoms with Gasteiger partial charge in [0.25, 0.3) is 0 Å². The average Bonchev–Trinajstić information content (AvgIpc) is 2.29. The number of nitrogens with zero attached hydrogens (tertiary/aromatic N) is 1. The fourth-order valence-electron chi connectivity index (χ4n) is 3.01. The summed E-state index contributed by atoms with van der Waals surface area (Å²) in [7, 11) is 2.19. The van der Waals surface area contributed by atoms with Gasteiger partial charge in [-0.2, -0.15) is 0 Å². The van der Waals surface area contributed by atoms with Crippen LogP contribution >= 0.6 is 0 Å². The molecule has 1 aliphatic carbocycles. The van der Waals surface area contributed by atoms with Crippen LogP contribution in [-0.4, -0.2) is 25.0 Å². The number of fused-ring (bicyclic) bond motifs is 1. The molecule has 2 rings (SSSR count). The molecular weight excluding hydrogens is 208 g/mol. The van der Waals surface area contributed by atoms with Crippen LogP contribution in [0.1, 0.15) is 43.9 Å². The minimum atomic E-state index is 0.316. The van der Waals surface area contributed by atoms with Crippen molar-refractivity contribution in [2.24, 2.45) is 5.73 Å². The average molecular weight is 232 g/mol. The van der Waals surface area contributed by atoms with E-state index in [1.807, 2.05) is 0 Å². The molecule has 0 amide bonds. The summed E-state index contributed by atoms with van der Waals surface area (Å²) >= 11 is 0. The Morgan fingerprint density at radius 2 is 2.06 bits per heavy atom. The first-order valence-electron chi connectivity index (χ1n) is 6.56. The fraction of sp³-hybridized carbons (Fsp3) is 0.600. The molecule has 17 heavy (non-hydrogen) atoms. The molecule has 94 valence electrons. The zero-order chi connectivity index (χ0) is 12.5. The van der Waals surface area contributed by atoms with Crippen LogP contribution in [0.2, 0.25) is 0 Å². The first-order chi connectivity index (χ1) is 8.06. The third-order valence-corrected chi connectivity index (χ3v) is 4.11. The van der Waals surface area contributed by atoms with Crippen LogP contribution in [0.25, 0.3) is 0 Å². The number of benzene rings is 1. The van der Waals surface area contributed by atoms with Gasteiger partial charge in [-0.3, -0.25) is 4.90 Å². The van der Waals surface area contributed by atoms with E-state index in [0.717, 1.165) is 13.1 Å². The maximum absolute atomic E-state index is 5.67. The molecule has 1 aromatic carbocycles. The lowest BCUT2D eigenvalue weighted by Gasteiger charge is -2.40. The second kappa shape index (κ2) is 4.79. The maximum Gasteiger partial charge on any atom is 0.0348 e. The van der Waals surface area contributed by atoms with Crippen LogP contribution in [0.15, 0.2) is 24.3 Å². The summed E-state index contributed by atoms with van der Waals surface area (Å²) in [5.41, 5.74) is 9.00. The largest absolute Gasteiger partial charge is 0.329 e. The highest BCUT2D eigenvalue weighted by Gasteiger charge is 2.33. The Kier molecular flexibility index (Phi) is 3.55. The second-order valence-corrected chi connectivity index (χ2v) is 5.79. The molecule has 0 heterocycles. The van der Waals surface area contributed by atoms with Crippen molar-refractivity contribution in [1.29, 1.82) is 0 Å². The highest BCUT2D eigenvalue weighted by Crippen LogP contribution is 2.43. The molecule has 2 N–H and O–H groups in total. The summed E-state index contributed by atoms with van der Waals surface area (Å²) in [6, 6.07) is 9.43. The highest BCUT2D eigenvalue weighted by molar-refractivity contribution is 5.38. The van der Waals surface area contributed by atoms with E-state index in [1.54, 1.807) is 0 Å². The van der Waals surface area contributed by atoms with E-state index in [9.17, 15) is 0 Å². The summed E-state index contributed by atoms with van der Waals surface area (Å²) in [5.74, 6) is 0. The van der Waals surface area contributed by atoms with Gasteiger partial charge in [-0.15, -0.1) is 0 Å². The summed E-state index contributed by atoms with van der Waals surface area (Å²) in [6.45, 7) is 6.41. The Morgan fingerprint density at radius 3 is 2.76 bits per heavy atom. The van der Waals surface area contributed by atoms with E-state index >= 15 is 0 Å². The normalized spacial score (nSPS) is 22.5. The predicted octanol–water partition coefficient (Wildman–Crippen LogP) is 2.69. The van der Waals surface area contributed by atoms with Crippen LogP contribution in [0.3, 0.4) is 0 Å². The third kappa shape index (κ3) is 2.38. The van der Waals surface area contributed by atoms with Crippen molar-refractivity contribution in [3.05, 3.63) is 35.4 Å². The molecule has 1 atom stereocenters. The minimum absolute atomic E-state index is 0.316. The van der Waals surface area contributed by atoms with Gasteiger partial charge in [0.15, 0.2) is 0 Å². The molecular formula is C15H24N2. The van der Waals surface area contributed by atoms with Crippen molar-refractivity contribution in [2.75, 3.05) is 20.1 Å². The van der Waals surface area contributed by atoms with Crippen molar-refractivity contribution < 1.29 is 0 Å². The molecule has 1 aromatic rings. The van der Waals surface area contributed by atoms with Gasteiger partial charge < -0.3 is 5.73 Å². The summed E-state index contributed by atoms with van der Waals surface area (Å²) in [4.78, 5) is 2.40. The number of hydrogen-bond donors (Lipinski definition) is 1. The van der Waals surface area contributed by atoms with E-state index in [2.05, 4.69) is 50.1 Å². The van der Waals surface area contributed by atoms with Gasteiger partial charge in [-0.25, -0.2) is 0 Å². The molecule has 0 fully saturated rings. The van der Waals surface area contributed by atoms with Gasteiger partial charge in [-0.05, 0) is 36.4 Å². The smallest absolute Gasteiger partial charge is 0.0348 e. The molecule has 2 nitrogen and oxygen atoms in total. The molecule has 0 saturated carbocycles. The van der Waals surface area contributed by atoms with Crippen LogP contribution in [0.5, 0.6) is 0 Å². The van der Waals surface area contributed by atoms with E-state index in [4.69, 9.17) is 5.73 Å². The Balaban J connectivity index is 2.35. The number of hydrogen-bond acceptors (Lipinski definition) is 2. The third-order valence-electron chi connectivity index (χ3n) is 4.11. The lowest BCUT2D eigenvalue weighted by atomic mass is 9.71. The second-order valence-electron chi connectivity index (χ2n) is 5.79. The standard InChI is InChI=1S/C15H24N2/c1-15(2)9-8-14(17(3)11-10-16)12-6-4-5-7-13(12)15/h4-7,14H,8-11,16H2,1-3H3. The monoisotopic (exact) mass is 232 g/mol. The summed E-state index contributed by atoms with van der Waals surface area (Å²) in [6.07, 6.45) is 2.49. The lowest BCUT2D eigenvalue weighted by molar-refractivity contribution is 0.205. The van der Waals surface area contributed by atoms with Crippen LogP contribution in [0.4, 0.5) is 0 Å². The maximum atomic E-state index is 5.67. The fourth-order valence-corrected chi connectivity index (χ4v) is 3.01. The van der Waals surface area contributed by atoms with Crippen LogP contribution < -0.4 is 5.73 Å². The van der Waals surface area contributed by atoms with Crippen LogP contribution in [-0.2, 0) is 5.41 Å². The Morgan fingerprint density at radius 1 is 1.35 bits per heavy atom.